The third-order valence-electron chi connectivity index (χ3n) is 1.99. The van der Waals surface area contributed by atoms with Gasteiger partial charge in [0.15, 0.2) is 5.78 Å². The van der Waals surface area contributed by atoms with Crippen LogP contribution in [0.5, 0.6) is 5.75 Å². The van der Waals surface area contributed by atoms with Crippen LogP contribution < -0.4 is 0 Å². The Morgan fingerprint density at radius 1 is 1.41 bits per heavy atom. The number of nitro groups is 1. The summed E-state index contributed by atoms with van der Waals surface area (Å²) in [6, 6.07) is 1.19. The van der Waals surface area contributed by atoms with E-state index < -0.39 is 39.4 Å². The van der Waals surface area contributed by atoms with E-state index in [4.69, 9.17) is 5.11 Å². The van der Waals surface area contributed by atoms with E-state index >= 15 is 0 Å². The second-order valence-electron chi connectivity index (χ2n) is 3.16. The summed E-state index contributed by atoms with van der Waals surface area (Å²) in [5, 5.41) is 19.6. The third-order valence-corrected chi connectivity index (χ3v) is 1.99. The number of nitro benzene ring substituents is 1. The molecule has 8 heteroatoms. The molecule has 0 saturated carbocycles. The molecule has 0 fully saturated rings. The second kappa shape index (κ2) is 4.04. The molecule has 0 aliphatic rings. The molecule has 0 spiro atoms. The number of hydrogen-bond donors (Lipinski definition) is 1. The number of carbonyl (C=O) groups excluding carboxylic acids is 1. The maximum Gasteiger partial charge on any atom is 0.420 e. The van der Waals surface area contributed by atoms with Crippen LogP contribution in [-0.4, -0.2) is 15.8 Å². The monoisotopic (exact) mass is 249 g/mol. The summed E-state index contributed by atoms with van der Waals surface area (Å²) in [6.45, 7) is 0.761. The average Bonchev–Trinajstić information content (AvgIpc) is 2.14. The fourth-order valence-electron chi connectivity index (χ4n) is 1.38. The van der Waals surface area contributed by atoms with Gasteiger partial charge >= 0.3 is 6.18 Å². The normalized spacial score (nSPS) is 11.3. The minimum Gasteiger partial charge on any atom is -0.507 e. The molecule has 17 heavy (non-hydrogen) atoms. The molecule has 0 aliphatic carbocycles. The molecule has 0 amide bonds. The van der Waals surface area contributed by atoms with Crippen LogP contribution in [0, 0.1) is 10.1 Å². The van der Waals surface area contributed by atoms with Gasteiger partial charge in [-0.2, -0.15) is 13.2 Å². The Morgan fingerprint density at radius 3 is 2.29 bits per heavy atom. The van der Waals surface area contributed by atoms with Crippen LogP contribution in [0.2, 0.25) is 0 Å². The van der Waals surface area contributed by atoms with Crippen molar-refractivity contribution < 1.29 is 28.0 Å². The number of phenols is 1. The molecule has 1 N–H and O–H groups in total. The maximum absolute atomic E-state index is 12.6. The molecular weight excluding hydrogens is 243 g/mol. The Balaban J connectivity index is 3.73. The van der Waals surface area contributed by atoms with Crippen LogP contribution in [0.4, 0.5) is 18.9 Å². The van der Waals surface area contributed by atoms with Gasteiger partial charge in [-0.15, -0.1) is 0 Å². The fourth-order valence-corrected chi connectivity index (χ4v) is 1.38. The van der Waals surface area contributed by atoms with Crippen molar-refractivity contribution >= 4 is 11.5 Å². The lowest BCUT2D eigenvalue weighted by atomic mass is 10.0. The zero-order valence-electron chi connectivity index (χ0n) is 8.41. The molecule has 1 aromatic carbocycles. The lowest BCUT2D eigenvalue weighted by molar-refractivity contribution is -0.385. The van der Waals surface area contributed by atoms with Crippen LogP contribution in [0.25, 0.3) is 0 Å². The van der Waals surface area contributed by atoms with E-state index in [0.717, 1.165) is 6.92 Å². The number of hydrogen-bond acceptors (Lipinski definition) is 4. The van der Waals surface area contributed by atoms with Crippen molar-refractivity contribution in [1.29, 1.82) is 0 Å². The van der Waals surface area contributed by atoms with E-state index in [9.17, 15) is 28.1 Å². The van der Waals surface area contributed by atoms with Crippen molar-refractivity contribution in [2.75, 3.05) is 0 Å². The first kappa shape index (κ1) is 12.9. The predicted molar refractivity (Wildman–Crippen MR) is 49.8 cm³/mol. The Kier molecular flexibility index (Phi) is 3.08. The minimum atomic E-state index is -5.04. The number of aromatic hydroxyl groups is 1. The highest BCUT2D eigenvalue weighted by atomic mass is 19.4. The number of nitrogens with zero attached hydrogens (tertiary/aromatic N) is 1. The van der Waals surface area contributed by atoms with Crippen LogP contribution in [0.1, 0.15) is 22.8 Å². The summed E-state index contributed by atoms with van der Waals surface area (Å²) in [5.41, 5.74) is -3.80. The van der Waals surface area contributed by atoms with Gasteiger partial charge in [-0.05, 0) is 13.0 Å². The Bertz CT molecular complexity index is 496. The molecule has 0 saturated heterocycles. The molecule has 0 radical (unpaired) electrons. The lowest BCUT2D eigenvalue weighted by Gasteiger charge is -2.12. The zero-order chi connectivity index (χ0) is 13.4. The summed E-state index contributed by atoms with van der Waals surface area (Å²) >= 11 is 0. The van der Waals surface area contributed by atoms with Gasteiger partial charge in [0.1, 0.15) is 16.9 Å². The number of phenolic OH excluding ortho intramolecular Hbond substituents is 1. The van der Waals surface area contributed by atoms with E-state index in [1.807, 2.05) is 0 Å². The molecule has 0 aliphatic heterocycles. The van der Waals surface area contributed by atoms with Crippen LogP contribution in [0.15, 0.2) is 12.1 Å². The largest absolute Gasteiger partial charge is 0.507 e. The van der Waals surface area contributed by atoms with Crippen molar-refractivity contribution in [3.05, 3.63) is 33.4 Å². The average molecular weight is 249 g/mol. The van der Waals surface area contributed by atoms with Crippen LogP contribution >= 0.6 is 0 Å². The number of alkyl halides is 3. The first-order chi connectivity index (χ1) is 7.66. The summed E-state index contributed by atoms with van der Waals surface area (Å²) in [7, 11) is 0. The van der Waals surface area contributed by atoms with Crippen molar-refractivity contribution in [2.24, 2.45) is 0 Å². The summed E-state index contributed by atoms with van der Waals surface area (Å²) in [4.78, 5) is 20.5. The van der Waals surface area contributed by atoms with Crippen molar-refractivity contribution in [2.45, 2.75) is 13.1 Å². The molecule has 1 rings (SSSR count). The SMILES string of the molecule is CC(=O)c1c([N+](=O)[O-])ccc(O)c1C(F)(F)F. The summed E-state index contributed by atoms with van der Waals surface area (Å²) in [5.74, 6) is -2.35. The van der Waals surface area contributed by atoms with Crippen LogP contribution in [-0.2, 0) is 6.18 Å². The van der Waals surface area contributed by atoms with Gasteiger partial charge in [-0.1, -0.05) is 0 Å². The van der Waals surface area contributed by atoms with E-state index in [1.165, 1.54) is 0 Å². The number of Topliss-reactive ketones (excluding diaryl/α,β-unsaturated/α-hetero) is 1. The predicted octanol–water partition coefficient (Wildman–Crippen LogP) is 2.52. The first-order valence-electron chi connectivity index (χ1n) is 4.24. The minimum absolute atomic E-state index is 0.535. The Hall–Kier alpha value is -2.12. The van der Waals surface area contributed by atoms with E-state index in [2.05, 4.69) is 0 Å². The highest BCUT2D eigenvalue weighted by Crippen LogP contribution is 2.41. The van der Waals surface area contributed by atoms with Gasteiger partial charge in [0, 0.05) is 6.07 Å². The first-order valence-corrected chi connectivity index (χ1v) is 4.24. The molecule has 0 bridgehead atoms. The fraction of sp³-hybridized carbons (Fsp3) is 0.222. The number of halogens is 3. The summed E-state index contributed by atoms with van der Waals surface area (Å²) < 4.78 is 37.7. The molecule has 0 aromatic heterocycles. The summed E-state index contributed by atoms with van der Waals surface area (Å²) in [6.07, 6.45) is -5.04. The van der Waals surface area contributed by atoms with E-state index in [-0.39, 0.29) is 0 Å². The quantitative estimate of drug-likeness (QED) is 0.496. The Morgan fingerprint density at radius 2 is 1.94 bits per heavy atom. The van der Waals surface area contributed by atoms with Gasteiger partial charge in [-0.3, -0.25) is 14.9 Å². The standard InChI is InChI=1S/C9H6F3NO4/c1-4(14)7-5(13(16)17)2-3-6(15)8(7)9(10,11)12/h2-3,15H,1H3. The zero-order valence-corrected chi connectivity index (χ0v) is 8.41. The van der Waals surface area contributed by atoms with Gasteiger partial charge in [-0.25, -0.2) is 0 Å². The maximum atomic E-state index is 12.6. The third kappa shape index (κ3) is 2.35. The topological polar surface area (TPSA) is 80.4 Å². The Labute approximate surface area is 92.6 Å². The number of rotatable bonds is 2. The van der Waals surface area contributed by atoms with Gasteiger partial charge in [0.25, 0.3) is 5.69 Å². The highest BCUT2D eigenvalue weighted by molar-refractivity contribution is 6.00. The van der Waals surface area contributed by atoms with Crippen molar-refractivity contribution in [3.8, 4) is 5.75 Å². The molecule has 0 unspecified atom stereocenters. The van der Waals surface area contributed by atoms with E-state index in [0.29, 0.717) is 12.1 Å². The highest BCUT2D eigenvalue weighted by Gasteiger charge is 2.41. The second-order valence-corrected chi connectivity index (χ2v) is 3.16. The van der Waals surface area contributed by atoms with Gasteiger partial charge in [0.2, 0.25) is 0 Å². The molecule has 1 aromatic rings. The number of benzene rings is 1. The number of ketones is 1. The smallest absolute Gasteiger partial charge is 0.420 e. The van der Waals surface area contributed by atoms with Crippen molar-refractivity contribution in [3.63, 3.8) is 0 Å². The molecule has 0 atom stereocenters. The lowest BCUT2D eigenvalue weighted by Crippen LogP contribution is -2.14. The van der Waals surface area contributed by atoms with E-state index in [1.54, 1.807) is 0 Å². The van der Waals surface area contributed by atoms with Gasteiger partial charge < -0.3 is 5.11 Å². The molecule has 92 valence electrons. The van der Waals surface area contributed by atoms with Crippen molar-refractivity contribution in [1.82, 2.24) is 0 Å². The molecule has 0 heterocycles. The number of carbonyl (C=O) groups is 1. The molecular formula is C9H6F3NO4. The van der Waals surface area contributed by atoms with Crippen LogP contribution in [0.3, 0.4) is 0 Å². The molecule has 5 nitrogen and oxygen atoms in total. The van der Waals surface area contributed by atoms with Gasteiger partial charge in [0.05, 0.1) is 4.92 Å².